The molecule has 4 N–H and O–H groups in total. The zero-order valence-corrected chi connectivity index (χ0v) is 9.81. The summed E-state index contributed by atoms with van der Waals surface area (Å²) in [6.07, 6.45) is 5.49. The lowest BCUT2D eigenvalue weighted by molar-refractivity contribution is 0.224. The second-order valence-corrected chi connectivity index (χ2v) is 5.00. The number of amides is 2. The number of nitrogens with two attached hydrogens (primary N) is 1. The van der Waals surface area contributed by atoms with Gasteiger partial charge in [0.2, 0.25) is 0 Å². The summed E-state index contributed by atoms with van der Waals surface area (Å²) in [6.45, 7) is 4.58. The van der Waals surface area contributed by atoms with Crippen LogP contribution in [-0.4, -0.2) is 24.2 Å². The second-order valence-electron chi connectivity index (χ2n) is 5.00. The molecule has 1 fully saturated rings. The van der Waals surface area contributed by atoms with Gasteiger partial charge in [-0.05, 0) is 39.7 Å². The lowest BCUT2D eigenvalue weighted by Gasteiger charge is -2.26. The number of nitrogens with one attached hydrogen (secondary N) is 2. The first-order chi connectivity index (χ1) is 7.03. The number of rotatable bonds is 4. The second kappa shape index (κ2) is 5.35. The molecule has 0 saturated heterocycles. The van der Waals surface area contributed by atoms with E-state index in [2.05, 4.69) is 10.6 Å². The van der Waals surface area contributed by atoms with Gasteiger partial charge >= 0.3 is 6.03 Å². The van der Waals surface area contributed by atoms with Crippen molar-refractivity contribution in [3.05, 3.63) is 0 Å². The Hall–Kier alpha value is -0.770. The van der Waals surface area contributed by atoms with Crippen LogP contribution in [0.2, 0.25) is 0 Å². The monoisotopic (exact) mass is 213 g/mol. The van der Waals surface area contributed by atoms with Crippen LogP contribution in [0.4, 0.5) is 4.79 Å². The van der Waals surface area contributed by atoms with Crippen molar-refractivity contribution in [2.45, 2.75) is 57.5 Å². The van der Waals surface area contributed by atoms with Crippen molar-refractivity contribution >= 4 is 6.03 Å². The smallest absolute Gasteiger partial charge is 0.315 e. The van der Waals surface area contributed by atoms with Crippen LogP contribution in [-0.2, 0) is 0 Å². The van der Waals surface area contributed by atoms with Crippen LogP contribution in [0.5, 0.6) is 0 Å². The third-order valence-corrected chi connectivity index (χ3v) is 2.91. The molecule has 1 aliphatic carbocycles. The molecule has 0 bridgehead atoms. The maximum Gasteiger partial charge on any atom is 0.315 e. The molecule has 0 aromatic carbocycles. The Balaban J connectivity index is 2.27. The van der Waals surface area contributed by atoms with Crippen LogP contribution in [0.3, 0.4) is 0 Å². The molecule has 0 radical (unpaired) electrons. The van der Waals surface area contributed by atoms with E-state index in [1.165, 1.54) is 12.8 Å². The SMILES string of the molecule is CC(C)(CCN)NC(=O)NC1CCCC1. The number of carbonyl (C=O) groups excluding carboxylic acids is 1. The summed E-state index contributed by atoms with van der Waals surface area (Å²) in [5, 5.41) is 5.96. The lowest BCUT2D eigenvalue weighted by Crippen LogP contribution is -2.51. The fourth-order valence-corrected chi connectivity index (χ4v) is 2.02. The van der Waals surface area contributed by atoms with Crippen LogP contribution in [0, 0.1) is 0 Å². The number of carbonyl (C=O) groups is 1. The normalized spacial score (nSPS) is 17.8. The van der Waals surface area contributed by atoms with E-state index in [1.807, 2.05) is 13.8 Å². The molecule has 1 saturated carbocycles. The minimum atomic E-state index is -0.211. The van der Waals surface area contributed by atoms with Crippen molar-refractivity contribution in [3.63, 3.8) is 0 Å². The summed E-state index contributed by atoms with van der Waals surface area (Å²) in [4.78, 5) is 11.6. The van der Waals surface area contributed by atoms with Gasteiger partial charge in [0, 0.05) is 11.6 Å². The number of urea groups is 1. The van der Waals surface area contributed by atoms with E-state index < -0.39 is 0 Å². The van der Waals surface area contributed by atoms with Gasteiger partial charge in [-0.1, -0.05) is 12.8 Å². The van der Waals surface area contributed by atoms with Gasteiger partial charge in [0.1, 0.15) is 0 Å². The van der Waals surface area contributed by atoms with Crippen LogP contribution in [0.1, 0.15) is 46.0 Å². The molecular weight excluding hydrogens is 190 g/mol. The highest BCUT2D eigenvalue weighted by Crippen LogP contribution is 2.17. The highest BCUT2D eigenvalue weighted by molar-refractivity contribution is 5.75. The Labute approximate surface area is 92.0 Å². The minimum Gasteiger partial charge on any atom is -0.335 e. The Bertz CT molecular complexity index is 210. The third kappa shape index (κ3) is 4.51. The van der Waals surface area contributed by atoms with Crippen LogP contribution >= 0.6 is 0 Å². The molecule has 4 nitrogen and oxygen atoms in total. The van der Waals surface area contributed by atoms with Gasteiger partial charge in [-0.25, -0.2) is 4.79 Å². The average molecular weight is 213 g/mol. The molecule has 0 unspecified atom stereocenters. The average Bonchev–Trinajstić information content (AvgIpc) is 2.54. The van der Waals surface area contributed by atoms with Crippen molar-refractivity contribution < 1.29 is 4.79 Å². The minimum absolute atomic E-state index is 0.0552. The molecule has 1 aliphatic rings. The Morgan fingerprint density at radius 3 is 2.53 bits per heavy atom. The molecule has 4 heteroatoms. The summed E-state index contributed by atoms with van der Waals surface area (Å²) in [6, 6.07) is 0.319. The van der Waals surface area contributed by atoms with E-state index in [-0.39, 0.29) is 11.6 Å². The van der Waals surface area contributed by atoms with E-state index in [9.17, 15) is 4.79 Å². The molecule has 0 aromatic rings. The highest BCUT2D eigenvalue weighted by Gasteiger charge is 2.22. The topological polar surface area (TPSA) is 67.1 Å². The fourth-order valence-electron chi connectivity index (χ4n) is 2.02. The molecule has 88 valence electrons. The largest absolute Gasteiger partial charge is 0.335 e. The Morgan fingerprint density at radius 1 is 1.40 bits per heavy atom. The molecule has 0 aliphatic heterocycles. The molecule has 0 atom stereocenters. The Morgan fingerprint density at radius 2 is 2.00 bits per heavy atom. The van der Waals surface area contributed by atoms with Gasteiger partial charge in [-0.15, -0.1) is 0 Å². The summed E-state index contributed by atoms with van der Waals surface area (Å²) in [5.41, 5.74) is 5.27. The number of hydrogen-bond donors (Lipinski definition) is 3. The molecule has 1 rings (SSSR count). The maximum absolute atomic E-state index is 11.6. The summed E-state index contributed by atoms with van der Waals surface area (Å²) in [7, 11) is 0. The van der Waals surface area contributed by atoms with E-state index >= 15 is 0 Å². The van der Waals surface area contributed by atoms with Gasteiger partial charge in [-0.3, -0.25) is 0 Å². The first-order valence-electron chi connectivity index (χ1n) is 5.82. The van der Waals surface area contributed by atoms with Crippen molar-refractivity contribution in [1.82, 2.24) is 10.6 Å². The van der Waals surface area contributed by atoms with Crippen molar-refractivity contribution in [1.29, 1.82) is 0 Å². The Kier molecular flexibility index (Phi) is 4.39. The van der Waals surface area contributed by atoms with Crippen molar-refractivity contribution in [2.75, 3.05) is 6.54 Å². The maximum atomic E-state index is 11.6. The van der Waals surface area contributed by atoms with Crippen molar-refractivity contribution in [3.8, 4) is 0 Å². The van der Waals surface area contributed by atoms with Gasteiger partial charge in [0.25, 0.3) is 0 Å². The molecule has 0 heterocycles. The van der Waals surface area contributed by atoms with Crippen molar-refractivity contribution in [2.24, 2.45) is 5.73 Å². The summed E-state index contributed by atoms with van der Waals surface area (Å²) < 4.78 is 0. The van der Waals surface area contributed by atoms with Crippen LogP contribution < -0.4 is 16.4 Å². The summed E-state index contributed by atoms with van der Waals surface area (Å²) >= 11 is 0. The molecule has 2 amide bonds. The van der Waals surface area contributed by atoms with E-state index in [0.717, 1.165) is 19.3 Å². The highest BCUT2D eigenvalue weighted by atomic mass is 16.2. The molecule has 0 spiro atoms. The lowest BCUT2D eigenvalue weighted by atomic mass is 10.0. The van der Waals surface area contributed by atoms with E-state index in [1.54, 1.807) is 0 Å². The molecule has 0 aromatic heterocycles. The zero-order chi connectivity index (χ0) is 11.3. The first-order valence-corrected chi connectivity index (χ1v) is 5.82. The number of hydrogen-bond acceptors (Lipinski definition) is 2. The van der Waals surface area contributed by atoms with Gasteiger partial charge in [-0.2, -0.15) is 0 Å². The van der Waals surface area contributed by atoms with Gasteiger partial charge < -0.3 is 16.4 Å². The van der Waals surface area contributed by atoms with E-state index in [4.69, 9.17) is 5.73 Å². The fraction of sp³-hybridized carbons (Fsp3) is 0.909. The summed E-state index contributed by atoms with van der Waals surface area (Å²) in [5.74, 6) is 0. The van der Waals surface area contributed by atoms with Crippen LogP contribution in [0.15, 0.2) is 0 Å². The van der Waals surface area contributed by atoms with Crippen LogP contribution in [0.25, 0.3) is 0 Å². The zero-order valence-electron chi connectivity index (χ0n) is 9.81. The quantitative estimate of drug-likeness (QED) is 0.660. The van der Waals surface area contributed by atoms with Gasteiger partial charge in [0.05, 0.1) is 0 Å². The predicted molar refractivity (Wildman–Crippen MR) is 61.7 cm³/mol. The molecular formula is C11H23N3O. The molecule has 15 heavy (non-hydrogen) atoms. The third-order valence-electron chi connectivity index (χ3n) is 2.91. The van der Waals surface area contributed by atoms with E-state index in [0.29, 0.717) is 12.6 Å². The van der Waals surface area contributed by atoms with Gasteiger partial charge in [0.15, 0.2) is 0 Å². The first kappa shape index (κ1) is 12.3. The standard InChI is InChI=1S/C11H23N3O/c1-11(2,7-8-12)14-10(15)13-9-5-3-4-6-9/h9H,3-8,12H2,1-2H3,(H2,13,14,15). The predicted octanol–water partition coefficient (Wildman–Crippen LogP) is 1.36.